The molecule has 21 heavy (non-hydrogen) atoms. The van der Waals surface area contributed by atoms with Gasteiger partial charge in [-0.2, -0.15) is 4.98 Å². The molecule has 0 spiro atoms. The lowest BCUT2D eigenvalue weighted by Gasteiger charge is -2.22. The fraction of sp³-hybridized carbons (Fsp3) is 0.529. The normalized spacial score (nSPS) is 14.0. The summed E-state index contributed by atoms with van der Waals surface area (Å²) in [6.45, 7) is 7.32. The molecule has 0 bridgehead atoms. The molecule has 2 aromatic rings. The number of likely N-dealkylation sites (N-methyl/N-ethyl adjacent to an activating group) is 1. The molecule has 0 radical (unpaired) electrons. The third-order valence-electron chi connectivity index (χ3n) is 3.71. The summed E-state index contributed by atoms with van der Waals surface area (Å²) in [5.74, 6) is 1.69. The quantitative estimate of drug-likeness (QED) is 0.801. The monoisotopic (exact) mass is 287 g/mol. The van der Waals surface area contributed by atoms with Gasteiger partial charge in [0.05, 0.1) is 5.92 Å². The largest absolute Gasteiger partial charge is 0.339 e. The van der Waals surface area contributed by atoms with Crippen LogP contribution >= 0.6 is 0 Å². The number of hydrogen-bond donors (Lipinski definition) is 1. The van der Waals surface area contributed by atoms with Crippen molar-refractivity contribution in [1.82, 2.24) is 15.5 Å². The Balaban J connectivity index is 2.14. The van der Waals surface area contributed by atoms with Crippen molar-refractivity contribution in [2.24, 2.45) is 0 Å². The van der Waals surface area contributed by atoms with Crippen LogP contribution in [0.5, 0.6) is 0 Å². The molecule has 2 atom stereocenters. The molecule has 0 saturated carbocycles. The van der Waals surface area contributed by atoms with Crippen LogP contribution in [0.2, 0.25) is 0 Å². The summed E-state index contributed by atoms with van der Waals surface area (Å²) in [4.78, 5) is 4.56. The third-order valence-corrected chi connectivity index (χ3v) is 3.71. The van der Waals surface area contributed by atoms with E-state index in [4.69, 9.17) is 4.52 Å². The zero-order valence-corrected chi connectivity index (χ0v) is 13.2. The Kier molecular flexibility index (Phi) is 5.93. The Morgan fingerprint density at radius 1 is 1.19 bits per heavy atom. The van der Waals surface area contributed by atoms with Gasteiger partial charge in [0.25, 0.3) is 0 Å². The number of unbranched alkanes of at least 4 members (excludes halogenated alkanes) is 1. The van der Waals surface area contributed by atoms with Crippen LogP contribution in [0.3, 0.4) is 0 Å². The minimum Gasteiger partial charge on any atom is -0.339 e. The number of nitrogens with zero attached hydrogens (tertiary/aromatic N) is 2. The van der Waals surface area contributed by atoms with Crippen molar-refractivity contribution in [2.45, 2.75) is 52.0 Å². The number of hydrogen-bond acceptors (Lipinski definition) is 4. The van der Waals surface area contributed by atoms with E-state index in [1.807, 2.05) is 6.07 Å². The molecule has 0 saturated heterocycles. The van der Waals surface area contributed by atoms with E-state index in [0.717, 1.165) is 37.5 Å². The average molecular weight is 287 g/mol. The van der Waals surface area contributed by atoms with Gasteiger partial charge in [0, 0.05) is 12.5 Å². The lowest BCUT2D eigenvalue weighted by Crippen LogP contribution is -2.25. The number of nitrogens with one attached hydrogen (secondary N) is 1. The lowest BCUT2D eigenvalue weighted by molar-refractivity contribution is 0.324. The van der Waals surface area contributed by atoms with Crippen molar-refractivity contribution >= 4 is 0 Å². The van der Waals surface area contributed by atoms with Gasteiger partial charge in [-0.15, -0.1) is 0 Å². The highest BCUT2D eigenvalue weighted by atomic mass is 16.5. The Morgan fingerprint density at radius 2 is 1.95 bits per heavy atom. The molecule has 2 rings (SSSR count). The van der Waals surface area contributed by atoms with E-state index < -0.39 is 0 Å². The van der Waals surface area contributed by atoms with Gasteiger partial charge in [-0.1, -0.05) is 62.7 Å². The van der Waals surface area contributed by atoms with Crippen LogP contribution in [-0.4, -0.2) is 16.7 Å². The molecule has 114 valence electrons. The van der Waals surface area contributed by atoms with Crippen molar-refractivity contribution in [3.05, 3.63) is 47.6 Å². The second kappa shape index (κ2) is 7.93. The van der Waals surface area contributed by atoms with E-state index in [1.54, 1.807) is 0 Å². The number of aromatic nitrogens is 2. The molecule has 1 N–H and O–H groups in total. The topological polar surface area (TPSA) is 51.0 Å². The molecular formula is C17H25N3O. The average Bonchev–Trinajstić information content (AvgIpc) is 2.99. The second-order valence-electron chi connectivity index (χ2n) is 5.39. The first-order chi connectivity index (χ1) is 10.3. The van der Waals surface area contributed by atoms with Crippen LogP contribution in [-0.2, 0) is 6.42 Å². The van der Waals surface area contributed by atoms with Gasteiger partial charge in [-0.05, 0) is 18.5 Å². The van der Waals surface area contributed by atoms with Crippen LogP contribution in [0.25, 0.3) is 0 Å². The molecule has 4 heteroatoms. The number of rotatable bonds is 8. The molecule has 0 aliphatic heterocycles. The maximum Gasteiger partial charge on any atom is 0.231 e. The van der Waals surface area contributed by atoms with Crippen LogP contribution in [0.15, 0.2) is 34.9 Å². The predicted octanol–water partition coefficient (Wildman–Crippen LogP) is 3.87. The van der Waals surface area contributed by atoms with Crippen molar-refractivity contribution < 1.29 is 4.52 Å². The van der Waals surface area contributed by atoms with Gasteiger partial charge in [0.1, 0.15) is 0 Å². The lowest BCUT2D eigenvalue weighted by atomic mass is 9.94. The zero-order chi connectivity index (χ0) is 15.1. The highest BCUT2D eigenvalue weighted by Crippen LogP contribution is 2.29. The first kappa shape index (κ1) is 15.7. The van der Waals surface area contributed by atoms with Crippen LogP contribution < -0.4 is 5.32 Å². The van der Waals surface area contributed by atoms with Gasteiger partial charge in [-0.3, -0.25) is 0 Å². The third kappa shape index (κ3) is 4.14. The maximum atomic E-state index is 5.47. The summed E-state index contributed by atoms with van der Waals surface area (Å²) >= 11 is 0. The Labute approximate surface area is 127 Å². The number of benzene rings is 1. The van der Waals surface area contributed by atoms with E-state index in [0.29, 0.717) is 0 Å². The standard InChI is InChI=1S/C17H25N3O/c1-4-6-12-15-19-17(21-20-15)13(3)16(18-5-2)14-10-8-7-9-11-14/h7-11,13,16,18H,4-6,12H2,1-3H3. The van der Waals surface area contributed by atoms with E-state index in [2.05, 4.69) is 60.5 Å². The summed E-state index contributed by atoms with van der Waals surface area (Å²) in [6.07, 6.45) is 3.13. The molecule has 4 nitrogen and oxygen atoms in total. The van der Waals surface area contributed by atoms with Gasteiger partial charge in [0.15, 0.2) is 5.82 Å². The van der Waals surface area contributed by atoms with E-state index in [-0.39, 0.29) is 12.0 Å². The Hall–Kier alpha value is -1.68. The highest BCUT2D eigenvalue weighted by molar-refractivity contribution is 5.22. The molecule has 0 aliphatic rings. The summed E-state index contributed by atoms with van der Waals surface area (Å²) in [7, 11) is 0. The predicted molar refractivity (Wildman–Crippen MR) is 84.2 cm³/mol. The maximum absolute atomic E-state index is 5.47. The molecule has 1 aromatic heterocycles. The minimum atomic E-state index is 0.148. The van der Waals surface area contributed by atoms with Gasteiger partial charge in [-0.25, -0.2) is 0 Å². The van der Waals surface area contributed by atoms with Gasteiger partial charge in [0.2, 0.25) is 5.89 Å². The summed E-state index contributed by atoms with van der Waals surface area (Å²) in [6, 6.07) is 10.6. The minimum absolute atomic E-state index is 0.148. The molecule has 0 amide bonds. The molecular weight excluding hydrogens is 262 g/mol. The van der Waals surface area contributed by atoms with Gasteiger partial charge < -0.3 is 9.84 Å². The van der Waals surface area contributed by atoms with E-state index in [1.165, 1.54) is 5.56 Å². The molecule has 0 fully saturated rings. The Bertz CT molecular complexity index is 524. The molecule has 0 aliphatic carbocycles. The van der Waals surface area contributed by atoms with Crippen molar-refractivity contribution in [1.29, 1.82) is 0 Å². The first-order valence-electron chi connectivity index (χ1n) is 7.87. The SMILES string of the molecule is CCCCc1noc(C(C)C(NCC)c2ccccc2)n1. The van der Waals surface area contributed by atoms with Crippen LogP contribution in [0.4, 0.5) is 0 Å². The van der Waals surface area contributed by atoms with Crippen molar-refractivity contribution in [2.75, 3.05) is 6.54 Å². The summed E-state index contributed by atoms with van der Waals surface area (Å²) in [5, 5.41) is 7.62. The fourth-order valence-electron chi connectivity index (χ4n) is 2.50. The fourth-order valence-corrected chi connectivity index (χ4v) is 2.50. The molecule has 1 aromatic carbocycles. The van der Waals surface area contributed by atoms with Crippen LogP contribution in [0, 0.1) is 0 Å². The van der Waals surface area contributed by atoms with Crippen molar-refractivity contribution in [3.63, 3.8) is 0 Å². The second-order valence-corrected chi connectivity index (χ2v) is 5.39. The molecule has 1 heterocycles. The van der Waals surface area contributed by atoms with Crippen LogP contribution in [0.1, 0.15) is 62.9 Å². The number of aryl methyl sites for hydroxylation is 1. The van der Waals surface area contributed by atoms with Crippen molar-refractivity contribution in [3.8, 4) is 0 Å². The van der Waals surface area contributed by atoms with Gasteiger partial charge >= 0.3 is 0 Å². The smallest absolute Gasteiger partial charge is 0.231 e. The molecule has 2 unspecified atom stereocenters. The van der Waals surface area contributed by atoms with E-state index in [9.17, 15) is 0 Å². The Morgan fingerprint density at radius 3 is 2.62 bits per heavy atom. The summed E-state index contributed by atoms with van der Waals surface area (Å²) < 4.78 is 5.47. The highest BCUT2D eigenvalue weighted by Gasteiger charge is 2.24. The zero-order valence-electron chi connectivity index (χ0n) is 13.2. The summed E-state index contributed by atoms with van der Waals surface area (Å²) in [5.41, 5.74) is 1.25. The van der Waals surface area contributed by atoms with E-state index >= 15 is 0 Å². The first-order valence-corrected chi connectivity index (χ1v) is 7.87.